The first-order chi connectivity index (χ1) is 10.6. The number of nitro benzene ring substituents is 1. The number of nitrogens with zero attached hydrogens (tertiary/aromatic N) is 1. The lowest BCUT2D eigenvalue weighted by Crippen LogP contribution is -2.28. The Balaban J connectivity index is 2.80. The number of hydrogen-bond donors (Lipinski definition) is 2. The molecule has 0 heterocycles. The van der Waals surface area contributed by atoms with Crippen LogP contribution in [-0.2, 0) is 15.7 Å². The standard InChI is InChI=1S/C12H11F3N2O6/c13-12(14,15)7-1-2-8(9(5-7)17(21)22)11(20)16-3-4-23-6-10(18)19/h1-2,5H,3-4,6H2,(H,16,20)(H,18,19). The Hall–Kier alpha value is -2.69. The van der Waals surface area contributed by atoms with Crippen LogP contribution in [0.15, 0.2) is 18.2 Å². The van der Waals surface area contributed by atoms with Gasteiger partial charge in [0.15, 0.2) is 0 Å². The third-order valence-electron chi connectivity index (χ3n) is 2.52. The summed E-state index contributed by atoms with van der Waals surface area (Å²) in [5.74, 6) is -2.18. The van der Waals surface area contributed by atoms with Crippen molar-refractivity contribution in [1.82, 2.24) is 5.32 Å². The molecule has 0 radical (unpaired) electrons. The van der Waals surface area contributed by atoms with Gasteiger partial charge in [0.2, 0.25) is 0 Å². The number of carboxylic acids is 1. The molecule has 0 saturated carbocycles. The Kier molecular flexibility index (Phi) is 6.02. The van der Waals surface area contributed by atoms with Gasteiger partial charge < -0.3 is 15.2 Å². The number of ether oxygens (including phenoxy) is 1. The molecule has 126 valence electrons. The highest BCUT2D eigenvalue weighted by Crippen LogP contribution is 2.32. The number of carbonyl (C=O) groups excluding carboxylic acids is 1. The molecule has 0 spiro atoms. The lowest BCUT2D eigenvalue weighted by atomic mass is 10.1. The van der Waals surface area contributed by atoms with Gasteiger partial charge in [-0.05, 0) is 12.1 Å². The number of carboxylic acid groups (broad SMARTS) is 1. The van der Waals surface area contributed by atoms with Gasteiger partial charge in [0.25, 0.3) is 11.6 Å². The largest absolute Gasteiger partial charge is 0.480 e. The molecule has 1 amide bonds. The number of amides is 1. The molecule has 0 aliphatic heterocycles. The van der Waals surface area contributed by atoms with Crippen molar-refractivity contribution in [3.05, 3.63) is 39.4 Å². The van der Waals surface area contributed by atoms with Crippen molar-refractivity contribution in [1.29, 1.82) is 0 Å². The average Bonchev–Trinajstić information content (AvgIpc) is 2.44. The molecule has 1 aromatic carbocycles. The molecule has 0 aromatic heterocycles. The first kappa shape index (κ1) is 18.4. The predicted molar refractivity (Wildman–Crippen MR) is 68.9 cm³/mol. The SMILES string of the molecule is O=C(O)COCCNC(=O)c1ccc(C(F)(F)F)cc1[N+](=O)[O-]. The van der Waals surface area contributed by atoms with Crippen LogP contribution in [0.1, 0.15) is 15.9 Å². The number of rotatable bonds is 7. The van der Waals surface area contributed by atoms with Crippen molar-refractivity contribution in [3.63, 3.8) is 0 Å². The van der Waals surface area contributed by atoms with E-state index in [0.29, 0.717) is 12.1 Å². The molecule has 1 rings (SSSR count). The Labute approximate surface area is 127 Å². The normalized spacial score (nSPS) is 11.1. The molecular formula is C12H11F3N2O6. The lowest BCUT2D eigenvalue weighted by molar-refractivity contribution is -0.385. The molecule has 0 saturated heterocycles. The van der Waals surface area contributed by atoms with Crippen LogP contribution in [0, 0.1) is 10.1 Å². The van der Waals surface area contributed by atoms with E-state index in [1.54, 1.807) is 0 Å². The summed E-state index contributed by atoms with van der Waals surface area (Å²) >= 11 is 0. The van der Waals surface area contributed by atoms with Crippen LogP contribution < -0.4 is 5.32 Å². The second-order valence-corrected chi connectivity index (χ2v) is 4.19. The van der Waals surface area contributed by atoms with Gasteiger partial charge in [0, 0.05) is 12.6 Å². The maximum Gasteiger partial charge on any atom is 0.416 e. The van der Waals surface area contributed by atoms with Gasteiger partial charge in [0.05, 0.1) is 17.1 Å². The number of nitro groups is 1. The van der Waals surface area contributed by atoms with Crippen molar-refractivity contribution in [2.75, 3.05) is 19.8 Å². The average molecular weight is 336 g/mol. The summed E-state index contributed by atoms with van der Waals surface area (Å²) in [5, 5.41) is 21.3. The molecule has 8 nitrogen and oxygen atoms in total. The van der Waals surface area contributed by atoms with Crippen molar-refractivity contribution >= 4 is 17.6 Å². The molecule has 0 aliphatic carbocycles. The maximum absolute atomic E-state index is 12.5. The summed E-state index contributed by atoms with van der Waals surface area (Å²) in [6, 6.07) is 1.53. The van der Waals surface area contributed by atoms with Crippen molar-refractivity contribution in [3.8, 4) is 0 Å². The molecule has 0 unspecified atom stereocenters. The molecule has 11 heteroatoms. The smallest absolute Gasteiger partial charge is 0.416 e. The van der Waals surface area contributed by atoms with Crippen LogP contribution in [-0.4, -0.2) is 41.7 Å². The van der Waals surface area contributed by atoms with Gasteiger partial charge >= 0.3 is 12.1 Å². The van der Waals surface area contributed by atoms with E-state index >= 15 is 0 Å². The lowest BCUT2D eigenvalue weighted by Gasteiger charge is -2.09. The van der Waals surface area contributed by atoms with Crippen LogP contribution in [0.4, 0.5) is 18.9 Å². The van der Waals surface area contributed by atoms with Crippen molar-refractivity contribution < 1.29 is 37.5 Å². The minimum absolute atomic E-state index is 0.162. The van der Waals surface area contributed by atoms with E-state index in [0.717, 1.165) is 0 Å². The van der Waals surface area contributed by atoms with E-state index in [1.165, 1.54) is 0 Å². The first-order valence-corrected chi connectivity index (χ1v) is 6.06. The topological polar surface area (TPSA) is 119 Å². The van der Waals surface area contributed by atoms with Crippen LogP contribution in [0.2, 0.25) is 0 Å². The van der Waals surface area contributed by atoms with E-state index in [9.17, 15) is 32.9 Å². The second-order valence-electron chi connectivity index (χ2n) is 4.19. The highest BCUT2D eigenvalue weighted by atomic mass is 19.4. The van der Waals surface area contributed by atoms with Gasteiger partial charge in [-0.15, -0.1) is 0 Å². The minimum Gasteiger partial charge on any atom is -0.480 e. The molecule has 23 heavy (non-hydrogen) atoms. The van der Waals surface area contributed by atoms with E-state index in [1.807, 2.05) is 0 Å². The number of carbonyl (C=O) groups is 2. The number of hydrogen-bond acceptors (Lipinski definition) is 5. The van der Waals surface area contributed by atoms with Crippen LogP contribution in [0.25, 0.3) is 0 Å². The van der Waals surface area contributed by atoms with Crippen LogP contribution >= 0.6 is 0 Å². The monoisotopic (exact) mass is 336 g/mol. The molecule has 1 aromatic rings. The van der Waals surface area contributed by atoms with E-state index in [-0.39, 0.29) is 19.2 Å². The number of alkyl halides is 3. The Morgan fingerprint density at radius 2 is 2.00 bits per heavy atom. The van der Waals surface area contributed by atoms with Gasteiger partial charge in [-0.3, -0.25) is 14.9 Å². The summed E-state index contributed by atoms with van der Waals surface area (Å²) < 4.78 is 42.2. The fourth-order valence-corrected chi connectivity index (χ4v) is 1.54. The third kappa shape index (κ3) is 5.54. The van der Waals surface area contributed by atoms with Crippen molar-refractivity contribution in [2.24, 2.45) is 0 Å². The fraction of sp³-hybridized carbons (Fsp3) is 0.333. The van der Waals surface area contributed by atoms with Gasteiger partial charge in [0.1, 0.15) is 12.2 Å². The molecule has 2 N–H and O–H groups in total. The highest BCUT2D eigenvalue weighted by molar-refractivity contribution is 5.98. The van der Waals surface area contributed by atoms with Crippen LogP contribution in [0.5, 0.6) is 0 Å². The van der Waals surface area contributed by atoms with E-state index in [4.69, 9.17) is 5.11 Å². The van der Waals surface area contributed by atoms with E-state index in [2.05, 4.69) is 10.1 Å². The van der Waals surface area contributed by atoms with Crippen molar-refractivity contribution in [2.45, 2.75) is 6.18 Å². The maximum atomic E-state index is 12.5. The molecule has 0 aliphatic rings. The predicted octanol–water partition coefficient (Wildman–Crippen LogP) is 1.44. The highest BCUT2D eigenvalue weighted by Gasteiger charge is 2.33. The quantitative estimate of drug-likeness (QED) is 0.442. The zero-order valence-electron chi connectivity index (χ0n) is 11.4. The van der Waals surface area contributed by atoms with Crippen LogP contribution in [0.3, 0.4) is 0 Å². The van der Waals surface area contributed by atoms with Gasteiger partial charge in [-0.1, -0.05) is 0 Å². The fourth-order valence-electron chi connectivity index (χ4n) is 1.54. The zero-order valence-corrected chi connectivity index (χ0v) is 11.4. The number of aliphatic carboxylic acids is 1. The summed E-state index contributed by atoms with van der Waals surface area (Å²) in [5.41, 5.74) is -2.77. The summed E-state index contributed by atoms with van der Waals surface area (Å²) in [7, 11) is 0. The van der Waals surface area contributed by atoms with E-state index < -0.39 is 46.4 Å². The molecule has 0 bridgehead atoms. The molecular weight excluding hydrogens is 325 g/mol. The number of nitrogens with one attached hydrogen (secondary N) is 1. The third-order valence-corrected chi connectivity index (χ3v) is 2.52. The second kappa shape index (κ2) is 7.54. The number of benzene rings is 1. The minimum atomic E-state index is -4.77. The van der Waals surface area contributed by atoms with Gasteiger partial charge in [-0.2, -0.15) is 13.2 Å². The zero-order chi connectivity index (χ0) is 17.6. The molecule has 0 fully saturated rings. The summed E-state index contributed by atoms with van der Waals surface area (Å²) in [6.45, 7) is -0.924. The Morgan fingerprint density at radius 1 is 1.35 bits per heavy atom. The summed E-state index contributed by atoms with van der Waals surface area (Å²) in [6.07, 6.45) is -4.77. The first-order valence-electron chi connectivity index (χ1n) is 6.06. The van der Waals surface area contributed by atoms with Gasteiger partial charge in [-0.25, -0.2) is 4.79 Å². The molecule has 0 atom stereocenters. The Bertz CT molecular complexity index is 617. The summed E-state index contributed by atoms with van der Waals surface area (Å²) in [4.78, 5) is 31.7. The Morgan fingerprint density at radius 3 is 2.52 bits per heavy atom. The number of halogens is 3.